The van der Waals surface area contributed by atoms with Crippen LogP contribution in [0.1, 0.15) is 43.8 Å². The summed E-state index contributed by atoms with van der Waals surface area (Å²) >= 11 is 1.28. The summed E-state index contributed by atoms with van der Waals surface area (Å²) in [4.78, 5) is 28.8. The Morgan fingerprint density at radius 3 is 2.48 bits per heavy atom. The Bertz CT molecular complexity index is 1610. The number of pyridine rings is 1. The SMILES string of the molecule is COc1ccc(-c2cc(Nc3nccc(C(F)(F)F)n3)cc(-c3cnc([C@]4(O)CC[C@@H](C(=O)O)C(C)(C)C4)s3)c2)cn1. The summed E-state index contributed by atoms with van der Waals surface area (Å²) in [5.41, 5.74) is -0.470. The van der Waals surface area contributed by atoms with Crippen LogP contribution in [0.5, 0.6) is 5.88 Å². The molecule has 5 rings (SSSR count). The van der Waals surface area contributed by atoms with Crippen LogP contribution in [0.4, 0.5) is 24.8 Å². The molecule has 3 N–H and O–H groups in total. The van der Waals surface area contributed by atoms with E-state index in [4.69, 9.17) is 4.74 Å². The average molecular weight is 600 g/mol. The molecule has 4 aromatic rings. The maximum Gasteiger partial charge on any atom is 0.433 e. The number of ether oxygens (including phenoxy) is 1. The molecule has 0 amide bonds. The standard InChI is InChI=1S/C29H28F3N5O4S/c1-27(2)15-28(40,8-6-20(27)24(38)39)25-35-14-21(42-25)18-10-17(16-4-5-23(41-3)34-13-16)11-19(12-18)36-26-33-9-7-22(37-26)29(30,31)32/h4-5,7,9-14,20,40H,6,8,15H2,1-3H3,(H,38,39)(H,33,36,37)/t20-,28-/m0/s1. The number of carbonyl (C=O) groups is 1. The summed E-state index contributed by atoms with van der Waals surface area (Å²) < 4.78 is 44.9. The molecule has 3 aromatic heterocycles. The second-order valence-electron chi connectivity index (χ2n) is 10.9. The molecule has 220 valence electrons. The summed E-state index contributed by atoms with van der Waals surface area (Å²) in [7, 11) is 1.50. The van der Waals surface area contributed by atoms with E-state index in [1.807, 2.05) is 19.9 Å². The van der Waals surface area contributed by atoms with Crippen LogP contribution in [0.25, 0.3) is 21.6 Å². The van der Waals surface area contributed by atoms with Crippen LogP contribution in [0.2, 0.25) is 0 Å². The largest absolute Gasteiger partial charge is 0.481 e. The third-order valence-corrected chi connectivity index (χ3v) is 8.68. The number of aliphatic hydroxyl groups is 1. The van der Waals surface area contributed by atoms with E-state index >= 15 is 0 Å². The molecule has 0 spiro atoms. The van der Waals surface area contributed by atoms with Crippen molar-refractivity contribution in [3.63, 3.8) is 0 Å². The van der Waals surface area contributed by atoms with Crippen molar-refractivity contribution in [2.45, 2.75) is 44.9 Å². The summed E-state index contributed by atoms with van der Waals surface area (Å²) in [6, 6.07) is 9.65. The van der Waals surface area contributed by atoms with Gasteiger partial charge in [0.05, 0.1) is 17.9 Å². The number of rotatable bonds is 7. The topological polar surface area (TPSA) is 130 Å². The van der Waals surface area contributed by atoms with Gasteiger partial charge in [0.15, 0.2) is 0 Å². The molecule has 42 heavy (non-hydrogen) atoms. The lowest BCUT2D eigenvalue weighted by Gasteiger charge is -2.44. The van der Waals surface area contributed by atoms with E-state index in [0.29, 0.717) is 39.0 Å². The van der Waals surface area contributed by atoms with Gasteiger partial charge in [0, 0.05) is 35.9 Å². The number of aromatic nitrogens is 4. The van der Waals surface area contributed by atoms with Gasteiger partial charge in [-0.1, -0.05) is 13.8 Å². The molecule has 0 bridgehead atoms. The number of methoxy groups -OCH3 is 1. The molecular weight excluding hydrogens is 571 g/mol. The Kier molecular flexibility index (Phi) is 7.66. The van der Waals surface area contributed by atoms with Gasteiger partial charge in [-0.15, -0.1) is 11.3 Å². The lowest BCUT2D eigenvalue weighted by atomic mass is 9.63. The van der Waals surface area contributed by atoms with E-state index in [9.17, 15) is 28.2 Å². The number of nitrogens with one attached hydrogen (secondary N) is 1. The third-order valence-electron chi connectivity index (χ3n) is 7.44. The van der Waals surface area contributed by atoms with Crippen LogP contribution in [0, 0.1) is 11.3 Å². The minimum atomic E-state index is -4.63. The summed E-state index contributed by atoms with van der Waals surface area (Å²) in [6.45, 7) is 3.68. The molecule has 1 aliphatic rings. The zero-order valence-electron chi connectivity index (χ0n) is 22.9. The Morgan fingerprint density at radius 2 is 1.83 bits per heavy atom. The first-order chi connectivity index (χ1) is 19.8. The van der Waals surface area contributed by atoms with Crippen molar-refractivity contribution < 1.29 is 32.9 Å². The van der Waals surface area contributed by atoms with Crippen molar-refractivity contribution in [1.29, 1.82) is 0 Å². The highest BCUT2D eigenvalue weighted by atomic mass is 32.1. The van der Waals surface area contributed by atoms with Crippen molar-refractivity contribution in [2.24, 2.45) is 11.3 Å². The monoisotopic (exact) mass is 599 g/mol. The van der Waals surface area contributed by atoms with Gasteiger partial charge < -0.3 is 20.3 Å². The molecular formula is C29H28F3N5O4S. The number of thiazole rings is 1. The molecule has 0 saturated heterocycles. The predicted molar refractivity (Wildman–Crippen MR) is 150 cm³/mol. The summed E-state index contributed by atoms with van der Waals surface area (Å²) in [5.74, 6) is -1.25. The van der Waals surface area contributed by atoms with Crippen molar-refractivity contribution in [3.8, 4) is 27.4 Å². The molecule has 1 saturated carbocycles. The second kappa shape index (κ2) is 11.0. The van der Waals surface area contributed by atoms with Gasteiger partial charge in [-0.05, 0) is 66.1 Å². The van der Waals surface area contributed by atoms with Gasteiger partial charge in [0.2, 0.25) is 11.8 Å². The van der Waals surface area contributed by atoms with Crippen molar-refractivity contribution in [1.82, 2.24) is 19.9 Å². The molecule has 3 heterocycles. The first-order valence-corrected chi connectivity index (χ1v) is 13.8. The highest BCUT2D eigenvalue weighted by Gasteiger charge is 2.49. The Morgan fingerprint density at radius 1 is 1.07 bits per heavy atom. The van der Waals surface area contributed by atoms with E-state index in [1.165, 1.54) is 18.4 Å². The normalized spacial score (nSPS) is 20.2. The first-order valence-electron chi connectivity index (χ1n) is 13.0. The summed E-state index contributed by atoms with van der Waals surface area (Å²) in [5, 5.41) is 24.6. The number of nitrogens with zero attached hydrogens (tertiary/aromatic N) is 4. The van der Waals surface area contributed by atoms with Gasteiger partial charge in [-0.2, -0.15) is 13.2 Å². The minimum absolute atomic E-state index is 0.225. The van der Waals surface area contributed by atoms with E-state index in [0.717, 1.165) is 17.8 Å². The highest BCUT2D eigenvalue weighted by molar-refractivity contribution is 7.15. The van der Waals surface area contributed by atoms with Crippen molar-refractivity contribution >= 4 is 28.9 Å². The van der Waals surface area contributed by atoms with Gasteiger partial charge in [-0.25, -0.2) is 19.9 Å². The van der Waals surface area contributed by atoms with Gasteiger partial charge >= 0.3 is 12.1 Å². The van der Waals surface area contributed by atoms with E-state index in [-0.39, 0.29) is 18.8 Å². The minimum Gasteiger partial charge on any atom is -0.481 e. The lowest BCUT2D eigenvalue weighted by Crippen LogP contribution is -2.44. The quantitative estimate of drug-likeness (QED) is 0.217. The molecule has 2 atom stereocenters. The number of carboxylic acids is 1. The number of hydrogen-bond donors (Lipinski definition) is 3. The third kappa shape index (κ3) is 6.07. The van der Waals surface area contributed by atoms with Crippen LogP contribution < -0.4 is 10.1 Å². The van der Waals surface area contributed by atoms with Crippen molar-refractivity contribution in [3.05, 3.63) is 65.7 Å². The molecule has 0 radical (unpaired) electrons. The molecule has 13 heteroatoms. The first kappa shape index (κ1) is 29.4. The number of benzene rings is 1. The fourth-order valence-electron chi connectivity index (χ4n) is 5.39. The van der Waals surface area contributed by atoms with Crippen molar-refractivity contribution in [2.75, 3.05) is 12.4 Å². The number of alkyl halides is 3. The fourth-order valence-corrected chi connectivity index (χ4v) is 6.41. The van der Waals surface area contributed by atoms with Crippen LogP contribution in [0.3, 0.4) is 0 Å². The van der Waals surface area contributed by atoms with E-state index in [1.54, 1.807) is 36.7 Å². The lowest BCUT2D eigenvalue weighted by molar-refractivity contribution is -0.154. The molecule has 1 fully saturated rings. The number of halogens is 3. The van der Waals surface area contributed by atoms with Crippen LogP contribution in [0.15, 0.2) is 55.0 Å². The van der Waals surface area contributed by atoms with Crippen LogP contribution in [-0.4, -0.2) is 43.2 Å². The Hall–Kier alpha value is -4.10. The van der Waals surface area contributed by atoms with Gasteiger partial charge in [-0.3, -0.25) is 4.79 Å². The molecule has 1 aromatic carbocycles. The maximum absolute atomic E-state index is 13.2. The zero-order chi connectivity index (χ0) is 30.3. The second-order valence-corrected chi connectivity index (χ2v) is 12.0. The number of aliphatic carboxylic acids is 1. The van der Waals surface area contributed by atoms with Gasteiger partial charge in [0.25, 0.3) is 0 Å². The molecule has 0 aliphatic heterocycles. The number of carboxylic acid groups (broad SMARTS) is 1. The number of hydrogen-bond acceptors (Lipinski definition) is 9. The van der Waals surface area contributed by atoms with E-state index < -0.39 is 34.8 Å². The number of anilines is 2. The van der Waals surface area contributed by atoms with Crippen LogP contribution >= 0.6 is 11.3 Å². The predicted octanol–water partition coefficient (Wildman–Crippen LogP) is 6.53. The molecule has 1 aliphatic carbocycles. The van der Waals surface area contributed by atoms with Gasteiger partial charge in [0.1, 0.15) is 16.3 Å². The summed E-state index contributed by atoms with van der Waals surface area (Å²) in [6.07, 6.45) is 0.472. The highest BCUT2D eigenvalue weighted by Crippen LogP contribution is 2.51. The Labute approximate surface area is 243 Å². The Balaban J connectivity index is 1.52. The molecule has 9 nitrogen and oxygen atoms in total. The average Bonchev–Trinajstić information content (AvgIpc) is 3.44. The van der Waals surface area contributed by atoms with Crippen LogP contribution in [-0.2, 0) is 16.6 Å². The molecule has 0 unspecified atom stereocenters. The fraction of sp³-hybridized carbons (Fsp3) is 0.345. The smallest absolute Gasteiger partial charge is 0.433 e. The van der Waals surface area contributed by atoms with E-state index in [2.05, 4.69) is 25.3 Å². The zero-order valence-corrected chi connectivity index (χ0v) is 23.8. The maximum atomic E-state index is 13.2.